The van der Waals surface area contributed by atoms with Gasteiger partial charge in [-0.25, -0.2) is 0 Å². The highest BCUT2D eigenvalue weighted by molar-refractivity contribution is 6.31. The molecule has 0 aliphatic carbocycles. The monoisotopic (exact) mass is 342 g/mol. The largest absolute Gasteiger partial charge is 0.492 e. The van der Waals surface area contributed by atoms with Crippen LogP contribution in [-0.4, -0.2) is 12.7 Å². The third-order valence-corrected chi connectivity index (χ3v) is 4.34. The van der Waals surface area contributed by atoms with Crippen LogP contribution in [0, 0.1) is 0 Å². The minimum absolute atomic E-state index is 0.161. The van der Waals surface area contributed by atoms with Crippen LogP contribution in [0.3, 0.4) is 0 Å². The van der Waals surface area contributed by atoms with Crippen molar-refractivity contribution < 1.29 is 13.9 Å². The van der Waals surface area contributed by atoms with Crippen molar-refractivity contribution in [1.29, 1.82) is 0 Å². The zero-order chi connectivity index (χ0) is 17.1. The number of fused-ring (bicyclic) bond motifs is 3. The Bertz CT molecular complexity index is 1080. The van der Waals surface area contributed by atoms with Gasteiger partial charge in [-0.3, -0.25) is 4.79 Å². The van der Waals surface area contributed by atoms with E-state index in [0.29, 0.717) is 38.5 Å². The quantitative estimate of drug-likeness (QED) is 0.596. The lowest BCUT2D eigenvalue weighted by Crippen LogP contribution is -2.27. The normalized spacial score (nSPS) is 15.3. The number of halogens is 1. The van der Waals surface area contributed by atoms with E-state index in [9.17, 15) is 4.79 Å². The topological polar surface area (TPSA) is 48.7 Å². The fourth-order valence-electron chi connectivity index (χ4n) is 2.97. The first kappa shape index (κ1) is 15.1. The first-order valence-electron chi connectivity index (χ1n) is 7.55. The summed E-state index contributed by atoms with van der Waals surface area (Å²) < 4.78 is 17.5. The van der Waals surface area contributed by atoms with Gasteiger partial charge in [0.1, 0.15) is 16.9 Å². The van der Waals surface area contributed by atoms with Crippen LogP contribution in [0.4, 0.5) is 0 Å². The molecule has 4 nitrogen and oxygen atoms in total. The molecule has 122 valence electrons. The fourth-order valence-corrected chi connectivity index (χ4v) is 3.14. The lowest BCUT2D eigenvalue weighted by molar-refractivity contribution is 0.158. The summed E-state index contributed by atoms with van der Waals surface area (Å²) >= 11 is 6.01. The summed E-state index contributed by atoms with van der Waals surface area (Å²) in [6, 6.07) is 6.70. The van der Waals surface area contributed by atoms with Crippen LogP contribution in [0.1, 0.15) is 19.4 Å². The average molecular weight is 343 g/mol. The maximum Gasteiger partial charge on any atom is 0.200 e. The lowest BCUT2D eigenvalue weighted by atomic mass is 9.99. The Hall–Kier alpha value is -2.46. The van der Waals surface area contributed by atoms with Gasteiger partial charge in [0.2, 0.25) is 5.43 Å². The smallest absolute Gasteiger partial charge is 0.200 e. The Balaban J connectivity index is 2.16. The van der Waals surface area contributed by atoms with E-state index in [1.165, 1.54) is 0 Å². The lowest BCUT2D eigenvalue weighted by Gasteiger charge is -2.28. The molecule has 1 aromatic heterocycles. The van der Waals surface area contributed by atoms with Crippen molar-refractivity contribution in [3.63, 3.8) is 0 Å². The summed E-state index contributed by atoms with van der Waals surface area (Å²) in [7, 11) is 1.55. The maximum atomic E-state index is 12.9. The van der Waals surface area contributed by atoms with Crippen molar-refractivity contribution in [3.05, 3.63) is 51.2 Å². The molecule has 0 amide bonds. The van der Waals surface area contributed by atoms with Crippen LogP contribution >= 0.6 is 11.6 Å². The van der Waals surface area contributed by atoms with E-state index in [1.54, 1.807) is 31.4 Å². The molecule has 1 aliphatic heterocycles. The van der Waals surface area contributed by atoms with Crippen LogP contribution in [-0.2, 0) is 0 Å². The molecule has 1 aliphatic rings. The molecular formula is C19H15ClO4. The molecule has 0 spiro atoms. The molecule has 0 fully saturated rings. The van der Waals surface area contributed by atoms with Gasteiger partial charge in [0, 0.05) is 5.02 Å². The van der Waals surface area contributed by atoms with E-state index >= 15 is 0 Å². The van der Waals surface area contributed by atoms with Crippen LogP contribution in [0.5, 0.6) is 11.5 Å². The molecular weight excluding hydrogens is 328 g/mol. The number of hydrogen-bond acceptors (Lipinski definition) is 4. The highest BCUT2D eigenvalue weighted by atomic mass is 35.5. The number of methoxy groups -OCH3 is 1. The standard InChI is InChI=1S/C19H15ClO4/c1-19(2)7-6-11-15(24-19)9-13-16(21)12-8-10(20)4-5-14(12)23-18(13)17(11)22-3/h4-9H,1-3H3. The Kier molecular flexibility index (Phi) is 3.15. The zero-order valence-electron chi connectivity index (χ0n) is 13.5. The highest BCUT2D eigenvalue weighted by Crippen LogP contribution is 2.42. The Morgan fingerprint density at radius 3 is 2.71 bits per heavy atom. The Labute approximate surface area is 143 Å². The van der Waals surface area contributed by atoms with Gasteiger partial charge in [0.25, 0.3) is 0 Å². The number of ether oxygens (including phenoxy) is 2. The van der Waals surface area contributed by atoms with Crippen LogP contribution in [0.25, 0.3) is 28.0 Å². The molecule has 0 saturated heterocycles. The van der Waals surface area contributed by atoms with Gasteiger partial charge in [-0.2, -0.15) is 0 Å². The molecule has 0 unspecified atom stereocenters. The maximum absolute atomic E-state index is 12.9. The molecule has 2 aromatic carbocycles. The van der Waals surface area contributed by atoms with E-state index in [-0.39, 0.29) is 5.43 Å². The summed E-state index contributed by atoms with van der Waals surface area (Å²) in [6.07, 6.45) is 3.88. The first-order chi connectivity index (χ1) is 11.4. The van der Waals surface area contributed by atoms with Crippen molar-refractivity contribution in [2.24, 2.45) is 0 Å². The van der Waals surface area contributed by atoms with E-state index < -0.39 is 5.60 Å². The van der Waals surface area contributed by atoms with Crippen LogP contribution < -0.4 is 14.9 Å². The second-order valence-corrected chi connectivity index (χ2v) is 6.75. The SMILES string of the molecule is COc1c2c(cc3c(=O)c4cc(Cl)ccc4oc13)OC(C)(C)C=C2. The van der Waals surface area contributed by atoms with E-state index in [2.05, 4.69) is 0 Å². The van der Waals surface area contributed by atoms with Crippen molar-refractivity contribution in [2.75, 3.05) is 7.11 Å². The molecule has 0 bridgehead atoms. The van der Waals surface area contributed by atoms with E-state index in [0.717, 1.165) is 5.56 Å². The molecule has 4 rings (SSSR count). The molecule has 0 atom stereocenters. The second kappa shape index (κ2) is 5.02. The van der Waals surface area contributed by atoms with Gasteiger partial charge in [0.05, 0.1) is 23.4 Å². The van der Waals surface area contributed by atoms with E-state index in [4.69, 9.17) is 25.5 Å². The zero-order valence-corrected chi connectivity index (χ0v) is 14.2. The minimum Gasteiger partial charge on any atom is -0.492 e. The van der Waals surface area contributed by atoms with Crippen molar-refractivity contribution in [1.82, 2.24) is 0 Å². The summed E-state index contributed by atoms with van der Waals surface area (Å²) in [6.45, 7) is 3.90. The van der Waals surface area contributed by atoms with Gasteiger partial charge in [-0.05, 0) is 50.3 Å². The molecule has 3 aromatic rings. The van der Waals surface area contributed by atoms with Crippen LogP contribution in [0.2, 0.25) is 5.02 Å². The summed E-state index contributed by atoms with van der Waals surface area (Å²) in [4.78, 5) is 12.9. The molecule has 0 radical (unpaired) electrons. The molecule has 24 heavy (non-hydrogen) atoms. The van der Waals surface area contributed by atoms with E-state index in [1.807, 2.05) is 26.0 Å². The first-order valence-corrected chi connectivity index (χ1v) is 7.93. The van der Waals surface area contributed by atoms with Gasteiger partial charge >= 0.3 is 0 Å². The minimum atomic E-state index is -0.452. The second-order valence-electron chi connectivity index (χ2n) is 6.31. The highest BCUT2D eigenvalue weighted by Gasteiger charge is 2.27. The third-order valence-electron chi connectivity index (χ3n) is 4.11. The summed E-state index contributed by atoms with van der Waals surface area (Å²) in [5.74, 6) is 1.09. The number of hydrogen-bond donors (Lipinski definition) is 0. The Morgan fingerprint density at radius 1 is 1.17 bits per heavy atom. The molecule has 0 N–H and O–H groups in total. The summed E-state index contributed by atoms with van der Waals surface area (Å²) in [5.41, 5.74) is 1.03. The van der Waals surface area contributed by atoms with Gasteiger partial charge < -0.3 is 13.9 Å². The number of rotatable bonds is 1. The predicted octanol–water partition coefficient (Wildman–Crippen LogP) is 4.79. The third kappa shape index (κ3) is 2.18. The van der Waals surface area contributed by atoms with Crippen molar-refractivity contribution >= 4 is 39.6 Å². The van der Waals surface area contributed by atoms with Crippen LogP contribution in [0.15, 0.2) is 39.6 Å². The molecule has 5 heteroatoms. The fraction of sp³-hybridized carbons (Fsp3) is 0.211. The van der Waals surface area contributed by atoms with Crippen molar-refractivity contribution in [3.8, 4) is 11.5 Å². The van der Waals surface area contributed by atoms with Gasteiger partial charge in [-0.1, -0.05) is 11.6 Å². The Morgan fingerprint density at radius 2 is 1.96 bits per heavy atom. The van der Waals surface area contributed by atoms with Gasteiger partial charge in [-0.15, -0.1) is 0 Å². The molecule has 2 heterocycles. The average Bonchev–Trinajstić information content (AvgIpc) is 2.53. The summed E-state index contributed by atoms with van der Waals surface area (Å²) in [5, 5.41) is 1.33. The predicted molar refractivity (Wildman–Crippen MR) is 95.3 cm³/mol. The van der Waals surface area contributed by atoms with Gasteiger partial charge in [0.15, 0.2) is 11.3 Å². The number of benzene rings is 2. The van der Waals surface area contributed by atoms with Crippen molar-refractivity contribution in [2.45, 2.75) is 19.4 Å². The molecule has 0 saturated carbocycles.